The summed E-state index contributed by atoms with van der Waals surface area (Å²) in [6, 6.07) is 0. The van der Waals surface area contributed by atoms with Crippen LogP contribution in [0, 0.1) is 11.8 Å². The Morgan fingerprint density at radius 2 is 2.27 bits per heavy atom. The van der Waals surface area contributed by atoms with Crippen LogP contribution < -0.4 is 0 Å². The molecule has 2 atom stereocenters. The Kier molecular flexibility index (Phi) is 5.05. The average Bonchev–Trinajstić information content (AvgIpc) is 2.53. The third kappa shape index (κ3) is 4.18. The molecule has 0 spiro atoms. The average molecular weight is 215 g/mol. The van der Waals surface area contributed by atoms with E-state index in [-0.39, 0.29) is 6.42 Å². The normalized spacial score (nSPS) is 27.1. The second kappa shape index (κ2) is 6.08. The van der Waals surface area contributed by atoms with Crippen molar-refractivity contribution in [3.63, 3.8) is 0 Å². The number of carbonyl (C=O) groups is 1. The van der Waals surface area contributed by atoms with Crippen molar-refractivity contribution in [3.05, 3.63) is 0 Å². The summed E-state index contributed by atoms with van der Waals surface area (Å²) in [4.78, 5) is 12.7. The predicted molar refractivity (Wildman–Crippen MR) is 57.8 cm³/mol. The molecule has 4 heteroatoms. The third-order valence-electron chi connectivity index (χ3n) is 3.02. The lowest BCUT2D eigenvalue weighted by molar-refractivity contribution is -0.137. The van der Waals surface area contributed by atoms with E-state index in [1.807, 2.05) is 6.92 Å². The van der Waals surface area contributed by atoms with Crippen molar-refractivity contribution < 1.29 is 14.6 Å². The first kappa shape index (κ1) is 12.5. The van der Waals surface area contributed by atoms with Crippen LogP contribution in [0.2, 0.25) is 0 Å². The van der Waals surface area contributed by atoms with Gasteiger partial charge in [0.15, 0.2) is 0 Å². The molecular formula is C11H21NO3. The molecule has 15 heavy (non-hydrogen) atoms. The van der Waals surface area contributed by atoms with Gasteiger partial charge in [-0.25, -0.2) is 0 Å². The highest BCUT2D eigenvalue weighted by atomic mass is 16.5. The molecule has 1 rings (SSSR count). The molecule has 0 bridgehead atoms. The van der Waals surface area contributed by atoms with E-state index < -0.39 is 5.97 Å². The summed E-state index contributed by atoms with van der Waals surface area (Å²) in [7, 11) is 0. The molecule has 0 aromatic carbocycles. The maximum Gasteiger partial charge on any atom is 0.304 e. The van der Waals surface area contributed by atoms with Gasteiger partial charge in [-0.15, -0.1) is 0 Å². The van der Waals surface area contributed by atoms with E-state index in [1.54, 1.807) is 0 Å². The highest BCUT2D eigenvalue weighted by molar-refractivity contribution is 5.66. The van der Waals surface area contributed by atoms with E-state index in [0.717, 1.165) is 26.3 Å². The Labute approximate surface area is 91.2 Å². The first-order chi connectivity index (χ1) is 7.13. The molecule has 1 aliphatic rings. The molecule has 0 saturated carbocycles. The zero-order valence-corrected chi connectivity index (χ0v) is 9.61. The van der Waals surface area contributed by atoms with Gasteiger partial charge < -0.3 is 14.7 Å². The number of ether oxygens (including phenoxy) is 1. The molecule has 0 aromatic heterocycles. The van der Waals surface area contributed by atoms with Crippen LogP contribution in [0.15, 0.2) is 0 Å². The number of hydrogen-bond donors (Lipinski definition) is 1. The van der Waals surface area contributed by atoms with Crippen molar-refractivity contribution in [2.45, 2.75) is 20.3 Å². The lowest BCUT2D eigenvalue weighted by Gasteiger charge is -2.14. The summed E-state index contributed by atoms with van der Waals surface area (Å²) in [5, 5.41) is 8.60. The fraction of sp³-hybridized carbons (Fsp3) is 0.909. The maximum atomic E-state index is 10.4. The molecule has 0 amide bonds. The van der Waals surface area contributed by atoms with Crippen LogP contribution in [-0.4, -0.2) is 48.8 Å². The highest BCUT2D eigenvalue weighted by Crippen LogP contribution is 2.23. The number of rotatable bonds is 6. The molecule has 0 aromatic rings. The fourth-order valence-corrected chi connectivity index (χ4v) is 2.06. The Bertz CT molecular complexity index is 208. The zero-order chi connectivity index (χ0) is 11.3. The van der Waals surface area contributed by atoms with Crippen LogP contribution in [0.1, 0.15) is 20.3 Å². The number of carboxylic acid groups (broad SMARTS) is 1. The van der Waals surface area contributed by atoms with Crippen molar-refractivity contribution in [1.29, 1.82) is 0 Å². The lowest BCUT2D eigenvalue weighted by atomic mass is 9.99. The molecule has 4 nitrogen and oxygen atoms in total. The van der Waals surface area contributed by atoms with Gasteiger partial charge in [-0.2, -0.15) is 0 Å². The number of hydrogen-bond acceptors (Lipinski definition) is 3. The van der Waals surface area contributed by atoms with Crippen molar-refractivity contribution in [1.82, 2.24) is 4.90 Å². The van der Waals surface area contributed by atoms with E-state index in [0.29, 0.717) is 18.4 Å². The Morgan fingerprint density at radius 3 is 2.87 bits per heavy atom. The van der Waals surface area contributed by atoms with Crippen LogP contribution in [0.3, 0.4) is 0 Å². The molecule has 0 unspecified atom stereocenters. The van der Waals surface area contributed by atoms with Gasteiger partial charge in [-0.3, -0.25) is 4.79 Å². The molecule has 1 saturated heterocycles. The summed E-state index contributed by atoms with van der Waals surface area (Å²) in [5.74, 6) is 0.472. The summed E-state index contributed by atoms with van der Waals surface area (Å²) >= 11 is 0. The van der Waals surface area contributed by atoms with Crippen LogP contribution >= 0.6 is 0 Å². The van der Waals surface area contributed by atoms with Crippen molar-refractivity contribution in [2.75, 3.05) is 32.8 Å². The van der Waals surface area contributed by atoms with Gasteiger partial charge in [0.05, 0.1) is 13.0 Å². The molecule has 1 fully saturated rings. The molecule has 0 aliphatic carbocycles. The monoisotopic (exact) mass is 215 g/mol. The Morgan fingerprint density at radius 1 is 1.53 bits per heavy atom. The van der Waals surface area contributed by atoms with Gasteiger partial charge >= 0.3 is 5.97 Å². The number of carboxylic acids is 1. The van der Waals surface area contributed by atoms with Crippen LogP contribution in [0.4, 0.5) is 0 Å². The second-order valence-electron chi connectivity index (χ2n) is 4.30. The first-order valence-corrected chi connectivity index (χ1v) is 5.65. The van der Waals surface area contributed by atoms with Crippen molar-refractivity contribution in [2.24, 2.45) is 11.8 Å². The van der Waals surface area contributed by atoms with Gasteiger partial charge in [0.2, 0.25) is 0 Å². The smallest absolute Gasteiger partial charge is 0.304 e. The minimum atomic E-state index is -0.712. The quantitative estimate of drug-likeness (QED) is 0.720. The van der Waals surface area contributed by atoms with E-state index in [2.05, 4.69) is 11.8 Å². The molecule has 1 N–H and O–H groups in total. The summed E-state index contributed by atoms with van der Waals surface area (Å²) < 4.78 is 5.42. The predicted octanol–water partition coefficient (Wildman–Crippen LogP) is 1.07. The first-order valence-electron chi connectivity index (χ1n) is 5.65. The highest BCUT2D eigenvalue weighted by Gasteiger charge is 2.29. The second-order valence-corrected chi connectivity index (χ2v) is 4.30. The van der Waals surface area contributed by atoms with Crippen molar-refractivity contribution >= 4 is 5.97 Å². The fourth-order valence-electron chi connectivity index (χ4n) is 2.06. The van der Waals surface area contributed by atoms with Gasteiger partial charge in [0, 0.05) is 26.2 Å². The lowest BCUT2D eigenvalue weighted by Crippen LogP contribution is -2.24. The minimum Gasteiger partial charge on any atom is -0.481 e. The van der Waals surface area contributed by atoms with E-state index in [9.17, 15) is 4.79 Å². The SMILES string of the molecule is CCOC[C@H]1CN(CCC(=O)O)C[C@H]1C. The van der Waals surface area contributed by atoms with Gasteiger partial charge in [-0.05, 0) is 18.8 Å². The van der Waals surface area contributed by atoms with E-state index in [4.69, 9.17) is 9.84 Å². The third-order valence-corrected chi connectivity index (χ3v) is 3.02. The molecular weight excluding hydrogens is 194 g/mol. The number of nitrogens with zero attached hydrogens (tertiary/aromatic N) is 1. The zero-order valence-electron chi connectivity index (χ0n) is 9.61. The standard InChI is InChI=1S/C11H21NO3/c1-3-15-8-10-7-12(6-9(10)2)5-4-11(13)14/h9-10H,3-8H2,1-2H3,(H,13,14)/t9-,10-/m1/s1. The number of likely N-dealkylation sites (tertiary alicyclic amines) is 1. The minimum absolute atomic E-state index is 0.244. The Balaban J connectivity index is 2.25. The van der Waals surface area contributed by atoms with E-state index in [1.165, 1.54) is 0 Å². The topological polar surface area (TPSA) is 49.8 Å². The van der Waals surface area contributed by atoms with Crippen LogP contribution in [0.5, 0.6) is 0 Å². The molecule has 1 aliphatic heterocycles. The molecule has 1 heterocycles. The van der Waals surface area contributed by atoms with E-state index >= 15 is 0 Å². The summed E-state index contributed by atoms with van der Waals surface area (Å²) in [5.41, 5.74) is 0. The van der Waals surface area contributed by atoms with Crippen LogP contribution in [-0.2, 0) is 9.53 Å². The summed E-state index contributed by atoms with van der Waals surface area (Å²) in [6.45, 7) is 8.44. The van der Waals surface area contributed by atoms with Crippen LogP contribution in [0.25, 0.3) is 0 Å². The Hall–Kier alpha value is -0.610. The maximum absolute atomic E-state index is 10.4. The van der Waals surface area contributed by atoms with Crippen molar-refractivity contribution in [3.8, 4) is 0 Å². The summed E-state index contributed by atoms with van der Waals surface area (Å²) in [6.07, 6.45) is 0.244. The van der Waals surface area contributed by atoms with Gasteiger partial charge in [0.1, 0.15) is 0 Å². The van der Waals surface area contributed by atoms with Gasteiger partial charge in [0.25, 0.3) is 0 Å². The molecule has 88 valence electrons. The van der Waals surface area contributed by atoms with Gasteiger partial charge in [-0.1, -0.05) is 6.92 Å². The molecule has 0 radical (unpaired) electrons. The number of aliphatic carboxylic acids is 1. The largest absolute Gasteiger partial charge is 0.481 e.